The van der Waals surface area contributed by atoms with Gasteiger partial charge in [0.15, 0.2) is 23.1 Å². The molecule has 0 aliphatic carbocycles. The maximum absolute atomic E-state index is 9.91. The van der Waals surface area contributed by atoms with Crippen molar-refractivity contribution >= 4 is 101 Å². The van der Waals surface area contributed by atoms with Gasteiger partial charge in [0.25, 0.3) is 0 Å². The van der Waals surface area contributed by atoms with Gasteiger partial charge in [0.2, 0.25) is 0 Å². The Morgan fingerprint density at radius 2 is 0.800 bits per heavy atom. The van der Waals surface area contributed by atoms with E-state index in [1.54, 1.807) is 116 Å². The lowest BCUT2D eigenvalue weighted by Crippen LogP contribution is -1.91. The number of imidazole rings is 2. The van der Waals surface area contributed by atoms with Gasteiger partial charge in [-0.25, -0.2) is 9.97 Å². The number of nitrogens with one attached hydrogen (secondary N) is 1. The summed E-state index contributed by atoms with van der Waals surface area (Å²) in [6.07, 6.45) is 18.8. The largest absolute Gasteiger partial charge is 0.508 e. The Hall–Kier alpha value is -12.2. The Kier molecular flexibility index (Phi) is 18.0. The summed E-state index contributed by atoms with van der Waals surface area (Å²) in [6.45, 7) is 0. The van der Waals surface area contributed by atoms with E-state index in [0.29, 0.717) is 28.8 Å². The van der Waals surface area contributed by atoms with Gasteiger partial charge >= 0.3 is 0 Å². The van der Waals surface area contributed by atoms with E-state index in [2.05, 4.69) is 30.4 Å². The lowest BCUT2D eigenvalue weighted by molar-refractivity contribution is 0.474. The molecule has 6 heterocycles. The van der Waals surface area contributed by atoms with Gasteiger partial charge in [0.05, 0.1) is 51.9 Å². The van der Waals surface area contributed by atoms with Crippen molar-refractivity contribution in [3.05, 3.63) is 259 Å². The van der Waals surface area contributed by atoms with E-state index in [4.69, 9.17) is 14.2 Å². The first-order valence-electron chi connectivity index (χ1n) is 29.5. The first kappa shape index (κ1) is 61.6. The summed E-state index contributed by atoms with van der Waals surface area (Å²) in [7, 11) is 3.66. The fourth-order valence-electron chi connectivity index (χ4n) is 9.97. The number of hydrogen-bond acceptors (Lipinski definition) is 17. The predicted octanol–water partition coefficient (Wildman–Crippen LogP) is 18.8. The van der Waals surface area contributed by atoms with Crippen molar-refractivity contribution in [1.29, 1.82) is 0 Å². The molecular formula is C75H56N8O9S3. The minimum Gasteiger partial charge on any atom is -0.508 e. The second-order valence-corrected chi connectivity index (χ2v) is 24.7. The molecule has 0 aliphatic rings. The predicted molar refractivity (Wildman–Crippen MR) is 379 cm³/mol. The second kappa shape index (κ2) is 27.7. The van der Waals surface area contributed by atoms with Gasteiger partial charge in [-0.05, 0) is 221 Å². The first-order chi connectivity index (χ1) is 46.2. The number of aromatic amines is 1. The molecular weight excluding hydrogens is 1250 g/mol. The van der Waals surface area contributed by atoms with Crippen molar-refractivity contribution in [1.82, 2.24) is 39.7 Å². The van der Waals surface area contributed by atoms with Crippen LogP contribution in [0.2, 0.25) is 0 Å². The molecule has 0 atom stereocenters. The quantitative estimate of drug-likeness (QED) is 0.0505. The van der Waals surface area contributed by atoms with E-state index in [1.807, 2.05) is 176 Å². The highest BCUT2D eigenvalue weighted by molar-refractivity contribution is 7.23. The fraction of sp³-hybridized carbons (Fsp3) is 0.0267. The van der Waals surface area contributed by atoms with Crippen LogP contribution in [0.1, 0.15) is 33.9 Å². The zero-order chi connectivity index (χ0) is 65.4. The lowest BCUT2D eigenvalue weighted by atomic mass is 10.1. The van der Waals surface area contributed by atoms with Crippen LogP contribution in [0.3, 0.4) is 0 Å². The summed E-state index contributed by atoms with van der Waals surface area (Å²) in [4.78, 5) is 15.5. The monoisotopic (exact) mass is 1310 g/mol. The molecule has 0 unspecified atom stereocenters. The van der Waals surface area contributed by atoms with Crippen LogP contribution < -0.4 is 14.2 Å². The molecule has 9 aromatic carbocycles. The van der Waals surface area contributed by atoms with Gasteiger partial charge in [0.1, 0.15) is 51.7 Å². The highest BCUT2D eigenvalue weighted by Gasteiger charge is 2.21. The minimum absolute atomic E-state index is 0.204. The molecule has 95 heavy (non-hydrogen) atoms. The summed E-state index contributed by atoms with van der Waals surface area (Å²) in [5.41, 5.74) is 7.70. The third-order valence-electron chi connectivity index (χ3n) is 14.7. The molecule has 20 heteroatoms. The third kappa shape index (κ3) is 14.9. The topological polar surface area (TPSA) is 239 Å². The third-order valence-corrected chi connectivity index (χ3v) is 18.2. The number of phenolic OH excluding ortho intramolecular Hbond substituents is 6. The number of nitrogens with zero attached hydrogens (tertiary/aromatic N) is 7. The normalized spacial score (nSPS) is 11.4. The van der Waals surface area contributed by atoms with Crippen LogP contribution in [0.25, 0.3) is 98.0 Å². The van der Waals surface area contributed by atoms with Crippen LogP contribution in [0.5, 0.6) is 69.0 Å². The molecule has 0 saturated carbocycles. The van der Waals surface area contributed by atoms with Crippen LogP contribution in [0.4, 0.5) is 0 Å². The molecule has 15 aromatic rings. The fourth-order valence-corrected chi connectivity index (χ4v) is 13.5. The van der Waals surface area contributed by atoms with Crippen molar-refractivity contribution in [3.63, 3.8) is 0 Å². The summed E-state index contributed by atoms with van der Waals surface area (Å²) in [5.74, 6) is 6.09. The van der Waals surface area contributed by atoms with E-state index in [-0.39, 0.29) is 34.5 Å². The first-order valence-corrected chi connectivity index (χ1v) is 31.9. The van der Waals surface area contributed by atoms with Gasteiger partial charge in [-0.1, -0.05) is 54.6 Å². The molecule has 0 radical (unpaired) electrons. The average Bonchev–Trinajstić information content (AvgIpc) is 1.66. The van der Waals surface area contributed by atoms with Gasteiger partial charge in [-0.3, -0.25) is 0 Å². The molecule has 6 aromatic heterocycles. The standard InChI is InChI=1S/C26H20N2O3S.C25H18N2O3S.C24H18N4O3S/c1-28-15-19(27-16-28)7-2-17-3-11-22(12-4-17)31-25-23-13-10-21(30)14-24(23)32-26(25)18-5-8-20(29)9-6-18;28-19-7-4-17(5-8-19)25-24(22-12-9-20(29)13-23(22)31-25)30-21-10-2-16(3-11-21)1-6-18-14-26-15-27-18;1-28-26-22(25-27-28)13-4-15-2-10-19(11-3-15)31-23-20-12-9-18(30)14-21(20)32-24(23)16-5-7-17(29)8-6-16/h2-16,29-30H,1H3;1-15,28-29H,(H,26,27);2-14,29-30H,1H3/b7-2+;6-1+;13-4+. The number of aromatic hydroxyl groups is 6. The Morgan fingerprint density at radius 1 is 0.421 bits per heavy atom. The van der Waals surface area contributed by atoms with Crippen molar-refractivity contribution in [2.24, 2.45) is 14.1 Å². The Balaban J connectivity index is 0.000000129. The number of tetrazole rings is 1. The van der Waals surface area contributed by atoms with E-state index in [9.17, 15) is 30.6 Å². The molecule has 0 saturated heterocycles. The van der Waals surface area contributed by atoms with Crippen LogP contribution in [0, 0.1) is 0 Å². The Labute approximate surface area is 555 Å². The van der Waals surface area contributed by atoms with Gasteiger partial charge in [0, 0.05) is 43.5 Å². The SMILES string of the molecule is Cn1cnc(/C=C/c2ccc(Oc3c(-c4ccc(O)cc4)sc4cc(O)ccc34)cc2)c1.Cn1nnc(/C=C/c2ccc(Oc3c(-c4ccc(O)cc4)sc4cc(O)ccc34)cc2)n1.Oc1ccc(-c2sc3cc(O)ccc3c2Oc2ccc(/C=C/c3cnc[nH]3)cc2)cc1. The molecule has 0 spiro atoms. The summed E-state index contributed by atoms with van der Waals surface area (Å²) in [5, 5.41) is 73.3. The maximum atomic E-state index is 9.91. The number of aryl methyl sites for hydroxylation is 2. The van der Waals surface area contributed by atoms with Crippen LogP contribution in [-0.2, 0) is 14.1 Å². The number of fused-ring (bicyclic) bond motifs is 3. The summed E-state index contributed by atoms with van der Waals surface area (Å²) < 4.78 is 23.6. The summed E-state index contributed by atoms with van der Waals surface area (Å²) in [6, 6.07) is 60.2. The van der Waals surface area contributed by atoms with Crippen LogP contribution in [-0.4, -0.2) is 70.4 Å². The Morgan fingerprint density at radius 3 is 1.15 bits per heavy atom. The zero-order valence-electron chi connectivity index (χ0n) is 50.6. The van der Waals surface area contributed by atoms with Crippen molar-refractivity contribution in [3.8, 4) is 100 Å². The second-order valence-electron chi connectivity index (χ2n) is 21.6. The van der Waals surface area contributed by atoms with E-state index < -0.39 is 0 Å². The Bertz CT molecular complexity index is 5010. The number of H-pyrrole nitrogens is 1. The minimum atomic E-state index is 0.204. The highest BCUT2D eigenvalue weighted by Crippen LogP contribution is 2.50. The van der Waals surface area contributed by atoms with Gasteiger partial charge in [-0.2, -0.15) is 4.80 Å². The smallest absolute Gasteiger partial charge is 0.197 e. The number of ether oxygens (including phenoxy) is 3. The molecule has 0 fully saturated rings. The average molecular weight is 1310 g/mol. The molecule has 0 bridgehead atoms. The molecule has 15 rings (SSSR count). The van der Waals surface area contributed by atoms with Crippen molar-refractivity contribution < 1.29 is 44.8 Å². The molecule has 0 aliphatic heterocycles. The highest BCUT2D eigenvalue weighted by atomic mass is 32.1. The van der Waals surface area contributed by atoms with Crippen molar-refractivity contribution in [2.45, 2.75) is 0 Å². The van der Waals surface area contributed by atoms with E-state index >= 15 is 0 Å². The summed E-state index contributed by atoms with van der Waals surface area (Å²) >= 11 is 4.61. The number of aromatic nitrogens is 8. The number of thiophene rings is 3. The molecule has 7 N–H and O–H groups in total. The number of phenols is 6. The molecule has 468 valence electrons. The van der Waals surface area contributed by atoms with Crippen LogP contribution >= 0.6 is 34.0 Å². The van der Waals surface area contributed by atoms with E-state index in [1.165, 1.54) is 27.5 Å². The van der Waals surface area contributed by atoms with E-state index in [0.717, 1.165) is 101 Å². The van der Waals surface area contributed by atoms with Gasteiger partial charge < -0.3 is 54.4 Å². The maximum Gasteiger partial charge on any atom is 0.197 e. The molecule has 17 nitrogen and oxygen atoms in total. The van der Waals surface area contributed by atoms with Crippen LogP contribution in [0.15, 0.2) is 225 Å². The van der Waals surface area contributed by atoms with Crippen molar-refractivity contribution in [2.75, 3.05) is 0 Å². The molecule has 0 amide bonds. The number of rotatable bonds is 15. The number of hydrogen-bond donors (Lipinski definition) is 7. The lowest BCUT2D eigenvalue weighted by Gasteiger charge is -2.09. The zero-order valence-corrected chi connectivity index (χ0v) is 53.0. The van der Waals surface area contributed by atoms with Gasteiger partial charge in [-0.15, -0.1) is 44.2 Å². The number of benzene rings is 9.